The molecule has 1 atom stereocenters. The molecule has 34 heavy (non-hydrogen) atoms. The normalized spacial score (nSPS) is 12.1. The maximum atomic E-state index is 11.4. The Labute approximate surface area is 195 Å². The summed E-state index contributed by atoms with van der Waals surface area (Å²) in [5, 5.41) is 45.9. The molecule has 0 radical (unpaired) electrons. The Morgan fingerprint density at radius 1 is 0.618 bits per heavy atom. The van der Waals surface area contributed by atoms with E-state index in [1.54, 1.807) is 30.3 Å². The van der Waals surface area contributed by atoms with Gasteiger partial charge in [-0.25, -0.2) is 0 Å². The van der Waals surface area contributed by atoms with Gasteiger partial charge >= 0.3 is 29.8 Å². The Kier molecular flexibility index (Phi) is 12.2. The van der Waals surface area contributed by atoms with Crippen molar-refractivity contribution in [3.8, 4) is 0 Å². The summed E-state index contributed by atoms with van der Waals surface area (Å²) in [5.41, 5.74) is 0.780. The van der Waals surface area contributed by atoms with Crippen molar-refractivity contribution in [1.82, 2.24) is 14.7 Å². The Hall–Kier alpha value is -3.55. The fourth-order valence-corrected chi connectivity index (χ4v) is 3.46. The molecular formula is C21H29N3O10. The van der Waals surface area contributed by atoms with E-state index in [4.69, 9.17) is 10.2 Å². The first-order chi connectivity index (χ1) is 16.0. The third kappa shape index (κ3) is 12.5. The standard InChI is InChI=1S/C21H29N3O10/c25-17(26)10-22(6-7-23(11-18(27)28)12-19(29)30)9-16(8-15-4-2-1-3-5-15)24(13-20(31)32)14-21(33)34/h1-5,16H,6-14H2,(H,25,26)(H,27,28)(H,29,30)(H,31,32)(H,33,34). The molecule has 0 amide bonds. The van der Waals surface area contributed by atoms with Crippen LogP contribution in [-0.4, -0.2) is 128 Å². The van der Waals surface area contributed by atoms with E-state index in [1.807, 2.05) is 0 Å². The number of aliphatic carboxylic acids is 5. The highest BCUT2D eigenvalue weighted by Crippen LogP contribution is 2.12. The van der Waals surface area contributed by atoms with E-state index in [2.05, 4.69) is 0 Å². The Balaban J connectivity index is 3.13. The second-order valence-electron chi connectivity index (χ2n) is 7.66. The van der Waals surface area contributed by atoms with Gasteiger partial charge in [0.05, 0.1) is 32.7 Å². The SMILES string of the molecule is O=C(O)CN(CCN(CC(=O)O)CC(Cc1ccccc1)N(CC(=O)O)CC(=O)O)CC(=O)O. The monoisotopic (exact) mass is 483 g/mol. The van der Waals surface area contributed by atoms with Gasteiger partial charge in [0.25, 0.3) is 0 Å². The minimum absolute atomic E-state index is 0.0356. The molecule has 0 saturated carbocycles. The molecular weight excluding hydrogens is 454 g/mol. The number of benzene rings is 1. The van der Waals surface area contributed by atoms with Crippen molar-refractivity contribution < 1.29 is 49.5 Å². The van der Waals surface area contributed by atoms with Gasteiger partial charge in [-0.2, -0.15) is 0 Å². The zero-order valence-electron chi connectivity index (χ0n) is 18.4. The molecule has 5 N–H and O–H groups in total. The Bertz CT molecular complexity index is 816. The first-order valence-electron chi connectivity index (χ1n) is 10.3. The van der Waals surface area contributed by atoms with Crippen molar-refractivity contribution in [1.29, 1.82) is 0 Å². The van der Waals surface area contributed by atoms with Gasteiger partial charge in [-0.15, -0.1) is 0 Å². The van der Waals surface area contributed by atoms with E-state index in [1.165, 1.54) is 9.80 Å². The van der Waals surface area contributed by atoms with Gasteiger partial charge in [0.2, 0.25) is 0 Å². The minimum Gasteiger partial charge on any atom is -0.480 e. The van der Waals surface area contributed by atoms with E-state index < -0.39 is 68.6 Å². The van der Waals surface area contributed by atoms with Crippen molar-refractivity contribution in [2.24, 2.45) is 0 Å². The largest absolute Gasteiger partial charge is 0.480 e. The molecule has 13 heteroatoms. The highest BCUT2D eigenvalue weighted by atomic mass is 16.4. The van der Waals surface area contributed by atoms with Crippen LogP contribution in [0, 0.1) is 0 Å². The van der Waals surface area contributed by atoms with E-state index in [0.29, 0.717) is 0 Å². The molecule has 1 rings (SSSR count). The first-order valence-corrected chi connectivity index (χ1v) is 10.3. The number of hydrogen-bond donors (Lipinski definition) is 5. The maximum Gasteiger partial charge on any atom is 0.317 e. The molecule has 0 bridgehead atoms. The summed E-state index contributed by atoms with van der Waals surface area (Å²) < 4.78 is 0. The number of carboxylic acid groups (broad SMARTS) is 5. The van der Waals surface area contributed by atoms with Crippen LogP contribution in [0.3, 0.4) is 0 Å². The van der Waals surface area contributed by atoms with Crippen LogP contribution in [0.15, 0.2) is 30.3 Å². The second kappa shape index (κ2) is 14.6. The molecule has 0 spiro atoms. The number of carbonyl (C=O) groups is 5. The van der Waals surface area contributed by atoms with Gasteiger partial charge in [-0.05, 0) is 12.0 Å². The third-order valence-corrected chi connectivity index (χ3v) is 4.79. The summed E-state index contributed by atoms with van der Waals surface area (Å²) in [7, 11) is 0. The second-order valence-corrected chi connectivity index (χ2v) is 7.66. The summed E-state index contributed by atoms with van der Waals surface area (Å²) in [6.45, 7) is -2.96. The van der Waals surface area contributed by atoms with Crippen LogP contribution in [0.1, 0.15) is 5.56 Å². The molecule has 0 saturated heterocycles. The third-order valence-electron chi connectivity index (χ3n) is 4.79. The lowest BCUT2D eigenvalue weighted by Crippen LogP contribution is -2.51. The molecule has 0 aromatic heterocycles. The molecule has 13 nitrogen and oxygen atoms in total. The molecule has 1 unspecified atom stereocenters. The van der Waals surface area contributed by atoms with Crippen LogP contribution in [0.2, 0.25) is 0 Å². The Morgan fingerprint density at radius 2 is 1.03 bits per heavy atom. The van der Waals surface area contributed by atoms with Crippen LogP contribution in [0.5, 0.6) is 0 Å². The molecule has 0 aliphatic carbocycles. The van der Waals surface area contributed by atoms with Gasteiger partial charge < -0.3 is 25.5 Å². The number of rotatable bonds is 18. The first kappa shape index (κ1) is 28.5. The van der Waals surface area contributed by atoms with Gasteiger partial charge in [0.1, 0.15) is 0 Å². The lowest BCUT2D eigenvalue weighted by molar-refractivity contribution is -0.144. The average Bonchev–Trinajstić information content (AvgIpc) is 2.69. The topological polar surface area (TPSA) is 196 Å². The number of carboxylic acids is 5. The molecule has 0 fully saturated rings. The molecule has 1 aromatic rings. The van der Waals surface area contributed by atoms with Crippen molar-refractivity contribution in [2.45, 2.75) is 12.5 Å². The Morgan fingerprint density at radius 3 is 1.47 bits per heavy atom. The highest BCUT2D eigenvalue weighted by Gasteiger charge is 2.27. The van der Waals surface area contributed by atoms with Crippen LogP contribution < -0.4 is 0 Å². The van der Waals surface area contributed by atoms with Crippen molar-refractivity contribution in [2.75, 3.05) is 52.4 Å². The smallest absolute Gasteiger partial charge is 0.317 e. The molecule has 0 aliphatic rings. The summed E-state index contributed by atoms with van der Waals surface area (Å²) in [6, 6.07) is 8.14. The van der Waals surface area contributed by atoms with Crippen LogP contribution in [0.4, 0.5) is 0 Å². The zero-order valence-corrected chi connectivity index (χ0v) is 18.4. The summed E-state index contributed by atoms with van der Waals surface area (Å²) in [5.74, 6) is -6.20. The number of nitrogens with zero attached hydrogens (tertiary/aromatic N) is 3. The van der Waals surface area contributed by atoms with Crippen molar-refractivity contribution in [3.05, 3.63) is 35.9 Å². The number of hydrogen-bond acceptors (Lipinski definition) is 8. The summed E-state index contributed by atoms with van der Waals surface area (Å²) >= 11 is 0. The maximum absolute atomic E-state index is 11.4. The van der Waals surface area contributed by atoms with Crippen molar-refractivity contribution in [3.63, 3.8) is 0 Å². The zero-order chi connectivity index (χ0) is 25.7. The van der Waals surface area contributed by atoms with E-state index in [-0.39, 0.29) is 26.1 Å². The van der Waals surface area contributed by atoms with Crippen molar-refractivity contribution >= 4 is 29.8 Å². The van der Waals surface area contributed by atoms with Crippen LogP contribution in [0.25, 0.3) is 0 Å². The van der Waals surface area contributed by atoms with Crippen LogP contribution >= 0.6 is 0 Å². The minimum atomic E-state index is -1.25. The van der Waals surface area contributed by atoms with E-state index in [0.717, 1.165) is 10.5 Å². The fraction of sp³-hybridized carbons (Fsp3) is 0.476. The van der Waals surface area contributed by atoms with Gasteiger partial charge in [0.15, 0.2) is 0 Å². The fourth-order valence-electron chi connectivity index (χ4n) is 3.46. The summed E-state index contributed by atoms with van der Waals surface area (Å²) in [6.07, 6.45) is 0.228. The predicted octanol–water partition coefficient (Wildman–Crippen LogP) is -1.07. The quantitative estimate of drug-likeness (QED) is 0.169. The predicted molar refractivity (Wildman–Crippen MR) is 117 cm³/mol. The van der Waals surface area contributed by atoms with E-state index >= 15 is 0 Å². The van der Waals surface area contributed by atoms with Gasteiger partial charge in [-0.3, -0.25) is 38.7 Å². The van der Waals surface area contributed by atoms with Gasteiger partial charge in [-0.1, -0.05) is 30.3 Å². The van der Waals surface area contributed by atoms with E-state index in [9.17, 15) is 39.3 Å². The van der Waals surface area contributed by atoms with Crippen LogP contribution in [-0.2, 0) is 30.4 Å². The molecule has 0 heterocycles. The summed E-state index contributed by atoms with van der Waals surface area (Å²) in [4.78, 5) is 60.0. The lowest BCUT2D eigenvalue weighted by atomic mass is 10.0. The highest BCUT2D eigenvalue weighted by molar-refractivity contribution is 5.73. The van der Waals surface area contributed by atoms with Gasteiger partial charge in [0, 0.05) is 25.7 Å². The molecule has 1 aromatic carbocycles. The molecule has 188 valence electrons. The lowest BCUT2D eigenvalue weighted by Gasteiger charge is -2.34. The molecule has 0 aliphatic heterocycles. The average molecular weight is 483 g/mol.